The highest BCUT2D eigenvalue weighted by Crippen LogP contribution is 2.29. The molecule has 0 aliphatic heterocycles. The van der Waals surface area contributed by atoms with Crippen LogP contribution in [0.3, 0.4) is 0 Å². The molecule has 7 heteroatoms. The molecule has 0 aliphatic rings. The second kappa shape index (κ2) is 5.43. The molecule has 2 aromatic rings. The molecule has 0 atom stereocenters. The summed E-state index contributed by atoms with van der Waals surface area (Å²) in [5, 5.41) is 11.8. The number of anilines is 2. The lowest BCUT2D eigenvalue weighted by atomic mass is 10.1. The molecule has 0 bridgehead atoms. The Morgan fingerprint density at radius 1 is 1.24 bits per heavy atom. The first-order valence-electron chi connectivity index (χ1n) is 5.91. The van der Waals surface area contributed by atoms with Crippen molar-refractivity contribution in [1.82, 2.24) is 4.98 Å². The number of alkyl halides is 3. The molecular formula is C14H11F3N2O2. The first kappa shape index (κ1) is 14.8. The van der Waals surface area contributed by atoms with Crippen molar-refractivity contribution in [3.05, 3.63) is 53.3 Å². The largest absolute Gasteiger partial charge is 0.478 e. The number of halogens is 3. The Labute approximate surface area is 118 Å². The third-order valence-electron chi connectivity index (χ3n) is 2.74. The summed E-state index contributed by atoms with van der Waals surface area (Å²) in [6.07, 6.45) is -3.50. The van der Waals surface area contributed by atoms with Gasteiger partial charge in [0.1, 0.15) is 5.69 Å². The third kappa shape index (κ3) is 3.50. The highest BCUT2D eigenvalue weighted by molar-refractivity contribution is 5.95. The van der Waals surface area contributed by atoms with Gasteiger partial charge in [-0.05, 0) is 36.8 Å². The molecule has 0 aliphatic carbocycles. The number of nitrogens with one attached hydrogen (secondary N) is 1. The molecule has 2 N–H and O–H groups in total. The average Bonchev–Trinajstić information content (AvgIpc) is 2.38. The Kier molecular flexibility index (Phi) is 3.84. The van der Waals surface area contributed by atoms with Crippen LogP contribution in [-0.2, 0) is 6.18 Å². The van der Waals surface area contributed by atoms with Crippen LogP contribution in [0.1, 0.15) is 21.6 Å². The van der Waals surface area contributed by atoms with Crippen LogP contribution in [0, 0.1) is 6.92 Å². The molecule has 21 heavy (non-hydrogen) atoms. The number of rotatable bonds is 3. The molecule has 0 saturated carbocycles. The number of aromatic carboxylic acids is 1. The second-order valence-electron chi connectivity index (χ2n) is 4.41. The van der Waals surface area contributed by atoms with Gasteiger partial charge in [-0.1, -0.05) is 6.07 Å². The van der Waals surface area contributed by atoms with Gasteiger partial charge in [0.05, 0.1) is 23.1 Å². The van der Waals surface area contributed by atoms with Gasteiger partial charge in [-0.25, -0.2) is 9.78 Å². The highest BCUT2D eigenvalue weighted by atomic mass is 19.4. The van der Waals surface area contributed by atoms with Crippen molar-refractivity contribution in [1.29, 1.82) is 0 Å². The van der Waals surface area contributed by atoms with Gasteiger partial charge in [-0.15, -0.1) is 0 Å². The van der Waals surface area contributed by atoms with E-state index in [0.717, 1.165) is 17.8 Å². The van der Waals surface area contributed by atoms with E-state index < -0.39 is 17.8 Å². The summed E-state index contributed by atoms with van der Waals surface area (Å²) in [5.41, 5.74) is 0.416. The SMILES string of the molecule is Cc1ccc(C(=O)O)c(Nc2ccc(C(F)(F)F)nc2)c1. The summed E-state index contributed by atoms with van der Waals surface area (Å²) in [6.45, 7) is 1.78. The van der Waals surface area contributed by atoms with Crippen molar-refractivity contribution in [2.24, 2.45) is 0 Å². The third-order valence-corrected chi connectivity index (χ3v) is 2.74. The van der Waals surface area contributed by atoms with Crippen molar-refractivity contribution in [3.8, 4) is 0 Å². The van der Waals surface area contributed by atoms with E-state index in [0.29, 0.717) is 5.69 Å². The fourth-order valence-electron chi connectivity index (χ4n) is 1.74. The Hall–Kier alpha value is -2.57. The number of aryl methyl sites for hydroxylation is 1. The number of benzene rings is 1. The molecule has 4 nitrogen and oxygen atoms in total. The summed E-state index contributed by atoms with van der Waals surface area (Å²) in [4.78, 5) is 14.4. The number of carboxylic acid groups (broad SMARTS) is 1. The minimum atomic E-state index is -4.51. The molecule has 2 rings (SSSR count). The first-order valence-corrected chi connectivity index (χ1v) is 5.91. The minimum Gasteiger partial charge on any atom is -0.478 e. The fourth-order valence-corrected chi connectivity index (χ4v) is 1.74. The molecule has 0 saturated heterocycles. The van der Waals surface area contributed by atoms with Gasteiger partial charge in [-0.3, -0.25) is 0 Å². The van der Waals surface area contributed by atoms with Crippen LogP contribution >= 0.6 is 0 Å². The quantitative estimate of drug-likeness (QED) is 0.903. The summed E-state index contributed by atoms with van der Waals surface area (Å²) in [6, 6.07) is 6.70. The van der Waals surface area contributed by atoms with Crippen LogP contribution in [0.2, 0.25) is 0 Å². The molecule has 1 heterocycles. The molecule has 0 unspecified atom stereocenters. The Balaban J connectivity index is 2.30. The zero-order valence-electron chi connectivity index (χ0n) is 10.9. The zero-order chi connectivity index (χ0) is 15.6. The summed E-state index contributed by atoms with van der Waals surface area (Å²) >= 11 is 0. The van der Waals surface area contributed by atoms with E-state index in [2.05, 4.69) is 10.3 Å². The van der Waals surface area contributed by atoms with E-state index in [4.69, 9.17) is 5.11 Å². The Morgan fingerprint density at radius 3 is 2.48 bits per heavy atom. The fraction of sp³-hybridized carbons (Fsp3) is 0.143. The molecule has 0 amide bonds. The van der Waals surface area contributed by atoms with Crippen LogP contribution in [0.4, 0.5) is 24.5 Å². The van der Waals surface area contributed by atoms with Crippen molar-refractivity contribution in [2.75, 3.05) is 5.32 Å². The van der Waals surface area contributed by atoms with Crippen molar-refractivity contribution in [3.63, 3.8) is 0 Å². The van der Waals surface area contributed by atoms with Crippen LogP contribution in [-0.4, -0.2) is 16.1 Å². The second-order valence-corrected chi connectivity index (χ2v) is 4.41. The maximum absolute atomic E-state index is 12.4. The molecular weight excluding hydrogens is 285 g/mol. The minimum absolute atomic E-state index is 0.0282. The number of carbonyl (C=O) groups is 1. The predicted octanol–water partition coefficient (Wildman–Crippen LogP) is 3.85. The summed E-state index contributed by atoms with van der Waals surface area (Å²) < 4.78 is 37.2. The van der Waals surface area contributed by atoms with Crippen LogP contribution in [0.25, 0.3) is 0 Å². The molecule has 0 fully saturated rings. The maximum atomic E-state index is 12.4. The predicted molar refractivity (Wildman–Crippen MR) is 70.7 cm³/mol. The summed E-state index contributed by atoms with van der Waals surface area (Å²) in [7, 11) is 0. The van der Waals surface area contributed by atoms with E-state index in [-0.39, 0.29) is 11.3 Å². The van der Waals surface area contributed by atoms with Gasteiger partial charge in [0, 0.05) is 0 Å². The maximum Gasteiger partial charge on any atom is 0.433 e. The number of pyridine rings is 1. The van der Waals surface area contributed by atoms with Crippen LogP contribution in [0.15, 0.2) is 36.5 Å². The molecule has 0 spiro atoms. The number of hydrogen-bond donors (Lipinski definition) is 2. The lowest BCUT2D eigenvalue weighted by Gasteiger charge is -2.11. The standard InChI is InChI=1S/C14H11F3N2O2/c1-8-2-4-10(13(20)21)11(6-8)19-9-3-5-12(18-7-9)14(15,16)17/h2-7,19H,1H3,(H,20,21). The van der Waals surface area contributed by atoms with Crippen LogP contribution in [0.5, 0.6) is 0 Å². The summed E-state index contributed by atoms with van der Waals surface area (Å²) in [5.74, 6) is -1.13. The Morgan fingerprint density at radius 2 is 1.95 bits per heavy atom. The number of nitrogens with zero attached hydrogens (tertiary/aromatic N) is 1. The lowest BCUT2D eigenvalue weighted by molar-refractivity contribution is -0.141. The smallest absolute Gasteiger partial charge is 0.433 e. The zero-order valence-corrected chi connectivity index (χ0v) is 10.9. The van der Waals surface area contributed by atoms with Gasteiger partial charge in [-0.2, -0.15) is 13.2 Å². The monoisotopic (exact) mass is 296 g/mol. The van der Waals surface area contributed by atoms with Crippen molar-refractivity contribution < 1.29 is 23.1 Å². The van der Waals surface area contributed by atoms with E-state index in [1.807, 2.05) is 0 Å². The average molecular weight is 296 g/mol. The normalized spacial score (nSPS) is 11.2. The van der Waals surface area contributed by atoms with Gasteiger partial charge in [0.25, 0.3) is 0 Å². The van der Waals surface area contributed by atoms with Gasteiger partial charge < -0.3 is 10.4 Å². The highest BCUT2D eigenvalue weighted by Gasteiger charge is 2.32. The van der Waals surface area contributed by atoms with Gasteiger partial charge in [0.15, 0.2) is 0 Å². The van der Waals surface area contributed by atoms with E-state index in [9.17, 15) is 18.0 Å². The molecule has 0 radical (unpaired) electrons. The lowest BCUT2D eigenvalue weighted by Crippen LogP contribution is -2.08. The van der Waals surface area contributed by atoms with Crippen LogP contribution < -0.4 is 5.32 Å². The molecule has 1 aromatic heterocycles. The van der Waals surface area contributed by atoms with Gasteiger partial charge >= 0.3 is 12.1 Å². The number of aromatic nitrogens is 1. The number of hydrogen-bond acceptors (Lipinski definition) is 3. The Bertz CT molecular complexity index is 667. The van der Waals surface area contributed by atoms with E-state index in [1.165, 1.54) is 12.1 Å². The van der Waals surface area contributed by atoms with Crippen molar-refractivity contribution in [2.45, 2.75) is 13.1 Å². The van der Waals surface area contributed by atoms with E-state index in [1.54, 1.807) is 19.1 Å². The topological polar surface area (TPSA) is 62.2 Å². The van der Waals surface area contributed by atoms with Gasteiger partial charge in [0.2, 0.25) is 0 Å². The van der Waals surface area contributed by atoms with E-state index >= 15 is 0 Å². The number of carboxylic acids is 1. The molecule has 110 valence electrons. The molecule has 1 aromatic carbocycles. The first-order chi connectivity index (χ1) is 9.77. The van der Waals surface area contributed by atoms with Crippen molar-refractivity contribution >= 4 is 17.3 Å².